The minimum atomic E-state index is -5.08. The summed E-state index contributed by atoms with van der Waals surface area (Å²) >= 11 is 2.26. The second kappa shape index (κ2) is 6.06. The van der Waals surface area contributed by atoms with Crippen LogP contribution < -0.4 is 5.32 Å². The van der Waals surface area contributed by atoms with Crippen molar-refractivity contribution in [2.75, 3.05) is 13.1 Å². The second-order valence-corrected chi connectivity index (χ2v) is 5.19. The molecule has 0 amide bonds. The summed E-state index contributed by atoms with van der Waals surface area (Å²) in [6.45, 7) is 1.35. The summed E-state index contributed by atoms with van der Waals surface area (Å²) in [6, 6.07) is 8.02. The topological polar surface area (TPSA) is 69.6 Å². The van der Waals surface area contributed by atoms with Gasteiger partial charge in [0, 0.05) is 16.7 Å². The lowest BCUT2D eigenvalue weighted by molar-refractivity contribution is -0.192. The maximum atomic E-state index is 10.6. The molecule has 0 saturated carbocycles. The van der Waals surface area contributed by atoms with Crippen molar-refractivity contribution in [3.63, 3.8) is 0 Å². The van der Waals surface area contributed by atoms with E-state index >= 15 is 0 Å². The van der Waals surface area contributed by atoms with E-state index in [4.69, 9.17) is 9.90 Å². The zero-order chi connectivity index (χ0) is 14.7. The van der Waals surface area contributed by atoms with Gasteiger partial charge < -0.3 is 15.5 Å². The van der Waals surface area contributed by atoms with Crippen LogP contribution in [-0.2, 0) is 10.4 Å². The zero-order valence-corrected chi connectivity index (χ0v) is 11.7. The van der Waals surface area contributed by atoms with Crippen LogP contribution in [0.2, 0.25) is 0 Å². The Hall–Kier alpha value is -0.870. The molecule has 2 rings (SSSR count). The summed E-state index contributed by atoms with van der Waals surface area (Å²) in [4.78, 5) is 8.90. The summed E-state index contributed by atoms with van der Waals surface area (Å²) in [6.07, 6.45) is -5.08. The fraction of sp³-hybridized carbons (Fsp3) is 0.364. The summed E-state index contributed by atoms with van der Waals surface area (Å²) in [7, 11) is 0. The molecular weight excluding hydrogens is 378 g/mol. The van der Waals surface area contributed by atoms with Gasteiger partial charge in [0.15, 0.2) is 0 Å². The smallest absolute Gasteiger partial charge is 0.475 e. The number of aliphatic hydroxyl groups is 1. The summed E-state index contributed by atoms with van der Waals surface area (Å²) < 4.78 is 32.9. The van der Waals surface area contributed by atoms with Crippen molar-refractivity contribution in [2.24, 2.45) is 0 Å². The molecule has 0 unspecified atom stereocenters. The monoisotopic (exact) mass is 389 g/mol. The third-order valence-corrected chi connectivity index (χ3v) is 3.18. The Morgan fingerprint density at radius 2 is 1.68 bits per heavy atom. The second-order valence-electron chi connectivity index (χ2n) is 3.94. The van der Waals surface area contributed by atoms with Gasteiger partial charge in [0.25, 0.3) is 0 Å². The first kappa shape index (κ1) is 16.2. The number of β-amino-alcohol motifs (C(OH)–C–C–N with tert-alkyl or cyclic N) is 1. The van der Waals surface area contributed by atoms with Crippen molar-refractivity contribution in [1.29, 1.82) is 0 Å². The predicted molar refractivity (Wildman–Crippen MR) is 69.6 cm³/mol. The molecule has 0 bridgehead atoms. The summed E-state index contributed by atoms with van der Waals surface area (Å²) in [5, 5.41) is 20.1. The Balaban J connectivity index is 0.000000224. The highest BCUT2D eigenvalue weighted by Crippen LogP contribution is 2.25. The van der Waals surface area contributed by atoms with E-state index < -0.39 is 17.7 Å². The summed E-state index contributed by atoms with van der Waals surface area (Å²) in [5.74, 6) is -2.76. The fourth-order valence-corrected chi connectivity index (χ4v) is 1.69. The number of hydrogen-bond acceptors (Lipinski definition) is 3. The SMILES string of the molecule is O=C(O)C(F)(F)F.OC1(c2ccc(I)cc2)CNC1. The van der Waals surface area contributed by atoms with E-state index in [9.17, 15) is 18.3 Å². The zero-order valence-electron chi connectivity index (χ0n) is 9.54. The Morgan fingerprint density at radius 1 is 1.26 bits per heavy atom. The number of halogens is 4. The van der Waals surface area contributed by atoms with Crippen LogP contribution in [0.1, 0.15) is 5.56 Å². The highest BCUT2D eigenvalue weighted by Gasteiger charge is 2.38. The van der Waals surface area contributed by atoms with Gasteiger partial charge in [-0.25, -0.2) is 4.79 Å². The van der Waals surface area contributed by atoms with Crippen LogP contribution in [0.5, 0.6) is 0 Å². The van der Waals surface area contributed by atoms with Gasteiger partial charge in [0.1, 0.15) is 5.60 Å². The number of nitrogens with one attached hydrogen (secondary N) is 1. The van der Waals surface area contributed by atoms with E-state index in [-0.39, 0.29) is 0 Å². The molecule has 4 nitrogen and oxygen atoms in total. The third kappa shape index (κ3) is 4.62. The van der Waals surface area contributed by atoms with Gasteiger partial charge in [0.05, 0.1) is 0 Å². The van der Waals surface area contributed by atoms with Gasteiger partial charge >= 0.3 is 12.1 Å². The third-order valence-electron chi connectivity index (χ3n) is 2.46. The molecule has 1 aliphatic heterocycles. The minimum Gasteiger partial charge on any atom is -0.475 e. The highest BCUT2D eigenvalue weighted by atomic mass is 127. The molecular formula is C11H11F3INO3. The minimum absolute atomic E-state index is 0.607. The molecule has 1 aromatic rings. The van der Waals surface area contributed by atoms with Gasteiger partial charge in [-0.15, -0.1) is 0 Å². The lowest BCUT2D eigenvalue weighted by atomic mass is 9.88. The van der Waals surface area contributed by atoms with E-state index in [1.807, 2.05) is 24.3 Å². The average Bonchev–Trinajstić information content (AvgIpc) is 2.26. The molecule has 1 aliphatic rings. The van der Waals surface area contributed by atoms with Crippen molar-refractivity contribution in [1.82, 2.24) is 5.32 Å². The van der Waals surface area contributed by atoms with Crippen LogP contribution in [0.4, 0.5) is 13.2 Å². The van der Waals surface area contributed by atoms with Crippen LogP contribution in [-0.4, -0.2) is 35.4 Å². The molecule has 0 aromatic heterocycles. The van der Waals surface area contributed by atoms with Crippen molar-refractivity contribution in [3.8, 4) is 0 Å². The Bertz CT molecular complexity index is 443. The number of alkyl halides is 3. The average molecular weight is 389 g/mol. The number of benzene rings is 1. The Kier molecular flexibility index (Phi) is 5.16. The van der Waals surface area contributed by atoms with E-state index in [1.54, 1.807) is 0 Å². The van der Waals surface area contributed by atoms with Crippen LogP contribution in [0.25, 0.3) is 0 Å². The molecule has 0 spiro atoms. The number of hydrogen-bond donors (Lipinski definition) is 3. The maximum absolute atomic E-state index is 10.6. The highest BCUT2D eigenvalue weighted by molar-refractivity contribution is 14.1. The molecule has 8 heteroatoms. The van der Waals surface area contributed by atoms with Crippen LogP contribution in [0.3, 0.4) is 0 Å². The van der Waals surface area contributed by atoms with Gasteiger partial charge in [-0.2, -0.15) is 13.2 Å². The molecule has 0 atom stereocenters. The first-order valence-electron chi connectivity index (χ1n) is 5.14. The molecule has 19 heavy (non-hydrogen) atoms. The largest absolute Gasteiger partial charge is 0.490 e. The van der Waals surface area contributed by atoms with Gasteiger partial charge in [0.2, 0.25) is 0 Å². The molecule has 3 N–H and O–H groups in total. The number of carbonyl (C=O) groups is 1. The van der Waals surface area contributed by atoms with Gasteiger partial charge in [-0.3, -0.25) is 0 Å². The lowest BCUT2D eigenvalue weighted by Crippen LogP contribution is -2.56. The van der Waals surface area contributed by atoms with Crippen LogP contribution >= 0.6 is 22.6 Å². The lowest BCUT2D eigenvalue weighted by Gasteiger charge is -2.38. The molecule has 1 aromatic carbocycles. The van der Waals surface area contributed by atoms with E-state index in [0.29, 0.717) is 13.1 Å². The van der Waals surface area contributed by atoms with Crippen LogP contribution in [0.15, 0.2) is 24.3 Å². The standard InChI is InChI=1S/C9H10INO.C2HF3O2/c10-8-3-1-7(2-4-8)9(12)5-11-6-9;3-2(4,5)1(6)7/h1-4,11-12H,5-6H2;(H,6,7). The molecule has 0 radical (unpaired) electrons. The predicted octanol–water partition coefficient (Wildman–Crippen LogP) is 1.72. The van der Waals surface area contributed by atoms with E-state index in [1.165, 1.54) is 3.57 Å². The van der Waals surface area contributed by atoms with Gasteiger partial charge in [-0.05, 0) is 40.3 Å². The molecule has 106 valence electrons. The van der Waals surface area contributed by atoms with Gasteiger partial charge in [-0.1, -0.05) is 12.1 Å². The molecule has 1 fully saturated rings. The fourth-order valence-electron chi connectivity index (χ4n) is 1.33. The van der Waals surface area contributed by atoms with E-state index in [0.717, 1.165) is 5.56 Å². The molecule has 0 aliphatic carbocycles. The molecule has 1 saturated heterocycles. The Labute approximate surface area is 120 Å². The normalized spacial score (nSPS) is 16.9. The van der Waals surface area contributed by atoms with E-state index in [2.05, 4.69) is 27.9 Å². The first-order chi connectivity index (χ1) is 8.65. The number of aliphatic carboxylic acids is 1. The van der Waals surface area contributed by atoms with Crippen molar-refractivity contribution >= 4 is 28.6 Å². The van der Waals surface area contributed by atoms with Crippen LogP contribution in [0, 0.1) is 3.57 Å². The number of carboxylic acid groups (broad SMARTS) is 1. The summed E-state index contributed by atoms with van der Waals surface area (Å²) in [5.41, 5.74) is 0.409. The molecule has 1 heterocycles. The number of rotatable bonds is 1. The maximum Gasteiger partial charge on any atom is 0.490 e. The van der Waals surface area contributed by atoms with Crippen molar-refractivity contribution in [2.45, 2.75) is 11.8 Å². The number of carboxylic acids is 1. The quantitative estimate of drug-likeness (QED) is 0.640. The first-order valence-corrected chi connectivity index (χ1v) is 6.22. The Morgan fingerprint density at radius 3 is 1.95 bits per heavy atom. The van der Waals surface area contributed by atoms with Crippen molar-refractivity contribution in [3.05, 3.63) is 33.4 Å². The van der Waals surface area contributed by atoms with Crippen molar-refractivity contribution < 1.29 is 28.2 Å².